The number of anilines is 1. The van der Waals surface area contributed by atoms with Crippen LogP contribution in [0.15, 0.2) is 163 Å². The maximum absolute atomic E-state index is 11.7. The zero-order valence-corrected chi connectivity index (χ0v) is 35.2. The van der Waals surface area contributed by atoms with Gasteiger partial charge in [-0.05, 0) is 135 Å². The monoisotopic (exact) mass is 820 g/mol. The Morgan fingerprint density at radius 2 is 1.37 bits per heavy atom. The molecule has 0 amide bonds. The number of aromatic carboxylic acids is 1. The smallest absolute Gasteiger partial charge is 0.354 e. The van der Waals surface area contributed by atoms with Crippen molar-refractivity contribution in [3.63, 3.8) is 0 Å². The summed E-state index contributed by atoms with van der Waals surface area (Å²) >= 11 is 0. The number of fused-ring (bicyclic) bond motifs is 3. The van der Waals surface area contributed by atoms with Gasteiger partial charge in [-0.1, -0.05) is 117 Å². The predicted octanol–water partition coefficient (Wildman–Crippen LogP) is 12.1. The minimum atomic E-state index is -1.06. The Bertz CT molecular complexity index is 3020. The summed E-state index contributed by atoms with van der Waals surface area (Å²) in [5.41, 5.74) is 14.3. The molecule has 63 heavy (non-hydrogen) atoms. The molecule has 0 saturated heterocycles. The molecule has 0 bridgehead atoms. The molecule has 306 valence electrons. The molecule has 7 nitrogen and oxygen atoms in total. The first-order valence-corrected chi connectivity index (χ1v) is 21.5. The maximum Gasteiger partial charge on any atom is 0.354 e. The number of carboxylic acids is 1. The topological polar surface area (TPSA) is 90.8 Å². The number of carboxylic acid groups (broad SMARTS) is 1. The molecule has 1 aliphatic carbocycles. The summed E-state index contributed by atoms with van der Waals surface area (Å²) in [7, 11) is 0. The lowest BCUT2D eigenvalue weighted by Crippen LogP contribution is -2.49. The highest BCUT2D eigenvalue weighted by Gasteiger charge is 2.53. The molecule has 7 heteroatoms. The highest BCUT2D eigenvalue weighted by molar-refractivity contribution is 5.87. The Hall–Kier alpha value is -7.74. The summed E-state index contributed by atoms with van der Waals surface area (Å²) in [5.74, 6) is 0.0584. The minimum Gasteiger partial charge on any atom is -0.477 e. The van der Waals surface area contributed by atoms with Crippen LogP contribution in [0.4, 0.5) is 5.69 Å². The van der Waals surface area contributed by atoms with Crippen molar-refractivity contribution in [2.75, 3.05) is 18.0 Å². The highest BCUT2D eigenvalue weighted by Crippen LogP contribution is 2.60. The quantitative estimate of drug-likeness (QED) is 0.127. The van der Waals surface area contributed by atoms with Gasteiger partial charge in [0.15, 0.2) is 0 Å². The van der Waals surface area contributed by atoms with Gasteiger partial charge in [0, 0.05) is 41.4 Å². The Kier molecular flexibility index (Phi) is 9.77. The Labute approximate surface area is 368 Å². The maximum atomic E-state index is 11.7. The van der Waals surface area contributed by atoms with Crippen molar-refractivity contribution in [2.24, 2.45) is 0 Å². The number of rotatable bonds is 7. The number of allylic oxidation sites excluding steroid dienone is 5. The van der Waals surface area contributed by atoms with Crippen LogP contribution in [0.5, 0.6) is 0 Å². The zero-order chi connectivity index (χ0) is 43.3. The fourth-order valence-corrected chi connectivity index (χ4v) is 10.6. The molecule has 1 aromatic heterocycles. The SMILES string of the molecule is [C-]#[N+]/C(C#N)=C1C=C(/C=C/c2cc3c4c(c2)CCCN4CCC3)OC(c2ccc(C3(C)c4ccccc4-c4ccccc4C3(C)c3ccc(-c4ccnc(C(=O)O)c4)cc3)cc2)=C/1. The standard InChI is InChI=1S/C56H44N4O3/c1-55(43-21-17-37(18-22-43)39-26-27-59-50(33-39)54(61)62)48-14-6-4-12-46(48)47-13-5-7-15-49(47)56(55,2)44-23-19-38(20-24-44)52-34-42(51(35-57)58-3)32-45(63-52)25-16-36-30-40-10-8-28-60-29-9-11-41(31-36)53(40)60/h4-7,12-27,30-34H,8-11,28-29H2,1-2H3,(H,61,62)/b25-16+,51-42-. The van der Waals surface area contributed by atoms with Crippen LogP contribution in [0, 0.1) is 17.9 Å². The van der Waals surface area contributed by atoms with Gasteiger partial charge in [-0.25, -0.2) is 19.9 Å². The van der Waals surface area contributed by atoms with Crippen LogP contribution in [-0.2, 0) is 28.4 Å². The van der Waals surface area contributed by atoms with Crippen molar-refractivity contribution in [1.29, 1.82) is 5.26 Å². The lowest BCUT2D eigenvalue weighted by molar-refractivity contribution is 0.0690. The molecule has 5 aromatic carbocycles. The molecule has 0 radical (unpaired) electrons. The van der Waals surface area contributed by atoms with Crippen molar-refractivity contribution >= 4 is 23.5 Å². The molecule has 2 unspecified atom stereocenters. The second-order valence-corrected chi connectivity index (χ2v) is 17.1. The van der Waals surface area contributed by atoms with Gasteiger partial charge < -0.3 is 14.7 Å². The molecule has 0 fully saturated rings. The van der Waals surface area contributed by atoms with E-state index in [2.05, 4.69) is 150 Å². The second-order valence-electron chi connectivity index (χ2n) is 17.1. The molecule has 3 aliphatic heterocycles. The number of nitriles is 1. The van der Waals surface area contributed by atoms with E-state index in [-0.39, 0.29) is 11.4 Å². The number of hydrogen-bond acceptors (Lipinski definition) is 5. The number of aryl methyl sites for hydroxylation is 2. The van der Waals surface area contributed by atoms with Crippen molar-refractivity contribution in [3.05, 3.63) is 224 Å². The molecule has 10 rings (SSSR count). The summed E-state index contributed by atoms with van der Waals surface area (Å²) in [5, 5.41) is 19.6. The molecule has 2 atom stereocenters. The van der Waals surface area contributed by atoms with Gasteiger partial charge in [-0.15, -0.1) is 0 Å². The van der Waals surface area contributed by atoms with Crippen LogP contribution in [0.25, 0.3) is 38.9 Å². The zero-order valence-electron chi connectivity index (χ0n) is 35.2. The number of aromatic nitrogens is 1. The fraction of sp³-hybridized carbons (Fsp3) is 0.179. The van der Waals surface area contributed by atoms with E-state index in [9.17, 15) is 15.2 Å². The van der Waals surface area contributed by atoms with Gasteiger partial charge in [-0.2, -0.15) is 0 Å². The van der Waals surface area contributed by atoms with Crippen LogP contribution in [-0.4, -0.2) is 29.1 Å². The number of nitrogens with zero attached hydrogens (tertiary/aromatic N) is 4. The molecule has 1 N–H and O–H groups in total. The van der Waals surface area contributed by atoms with Crippen LogP contribution >= 0.6 is 0 Å². The van der Waals surface area contributed by atoms with Crippen LogP contribution in [0.3, 0.4) is 0 Å². The summed E-state index contributed by atoms with van der Waals surface area (Å²) in [6.45, 7) is 14.7. The Morgan fingerprint density at radius 3 is 1.94 bits per heavy atom. The first kappa shape index (κ1) is 39.4. The van der Waals surface area contributed by atoms with E-state index >= 15 is 0 Å². The molecule has 0 spiro atoms. The summed E-state index contributed by atoms with van der Waals surface area (Å²) in [6, 6.07) is 44.4. The largest absolute Gasteiger partial charge is 0.477 e. The van der Waals surface area contributed by atoms with E-state index in [0.717, 1.165) is 59.3 Å². The van der Waals surface area contributed by atoms with E-state index in [1.807, 2.05) is 12.1 Å². The van der Waals surface area contributed by atoms with Gasteiger partial charge in [0.05, 0.1) is 12.6 Å². The van der Waals surface area contributed by atoms with E-state index < -0.39 is 16.8 Å². The van der Waals surface area contributed by atoms with Crippen molar-refractivity contribution in [1.82, 2.24) is 4.98 Å². The third-order valence-electron chi connectivity index (χ3n) is 13.8. The number of pyridine rings is 1. The molecular weight excluding hydrogens is 777 g/mol. The van der Waals surface area contributed by atoms with Crippen LogP contribution in [0.2, 0.25) is 0 Å². The summed E-state index contributed by atoms with van der Waals surface area (Å²) < 4.78 is 6.60. The lowest BCUT2D eigenvalue weighted by Gasteiger charge is -2.53. The molecule has 0 saturated carbocycles. The van der Waals surface area contributed by atoms with Crippen molar-refractivity contribution in [3.8, 4) is 28.3 Å². The van der Waals surface area contributed by atoms with E-state index in [1.54, 1.807) is 18.2 Å². The highest BCUT2D eigenvalue weighted by atomic mass is 16.5. The third-order valence-corrected chi connectivity index (χ3v) is 13.8. The minimum absolute atomic E-state index is 0.00513. The van der Waals surface area contributed by atoms with Crippen LogP contribution < -0.4 is 4.90 Å². The number of ether oxygens (including phenoxy) is 1. The van der Waals surface area contributed by atoms with Gasteiger partial charge in [-0.3, -0.25) is 0 Å². The number of hydrogen-bond donors (Lipinski definition) is 1. The van der Waals surface area contributed by atoms with Crippen molar-refractivity contribution < 1.29 is 14.6 Å². The number of benzene rings is 5. The lowest BCUT2D eigenvalue weighted by atomic mass is 9.49. The van der Waals surface area contributed by atoms with E-state index in [1.165, 1.54) is 58.1 Å². The second kappa shape index (κ2) is 15.6. The summed E-state index contributed by atoms with van der Waals surface area (Å²) in [4.78, 5) is 21.9. The van der Waals surface area contributed by atoms with Gasteiger partial charge in [0.1, 0.15) is 17.2 Å². The summed E-state index contributed by atoms with van der Waals surface area (Å²) in [6.07, 6.45) is 13.6. The molecule has 4 heterocycles. The molecule has 6 aromatic rings. The Morgan fingerprint density at radius 1 is 0.778 bits per heavy atom. The van der Waals surface area contributed by atoms with Gasteiger partial charge in [0.2, 0.25) is 0 Å². The van der Waals surface area contributed by atoms with Gasteiger partial charge >= 0.3 is 5.97 Å². The van der Waals surface area contributed by atoms with Gasteiger partial charge in [0.25, 0.3) is 5.70 Å². The predicted molar refractivity (Wildman–Crippen MR) is 249 cm³/mol. The van der Waals surface area contributed by atoms with Crippen molar-refractivity contribution in [2.45, 2.75) is 50.4 Å². The third kappa shape index (κ3) is 6.56. The Balaban J connectivity index is 1.03. The average Bonchev–Trinajstić information content (AvgIpc) is 3.33. The van der Waals surface area contributed by atoms with Crippen LogP contribution in [0.1, 0.15) is 81.7 Å². The normalized spacial score (nSPS) is 20.5. The number of carbonyl (C=O) groups is 1. The fourth-order valence-electron chi connectivity index (χ4n) is 10.6. The molecule has 4 aliphatic rings. The first-order chi connectivity index (χ1) is 30.7. The molecular formula is C56H44N4O3. The van der Waals surface area contributed by atoms with E-state index in [0.29, 0.717) is 17.1 Å². The van der Waals surface area contributed by atoms with E-state index in [4.69, 9.17) is 11.3 Å². The first-order valence-electron chi connectivity index (χ1n) is 21.5. The average molecular weight is 821 g/mol.